The summed E-state index contributed by atoms with van der Waals surface area (Å²) >= 11 is 0. The van der Waals surface area contributed by atoms with E-state index in [4.69, 9.17) is 15.3 Å². The molecule has 0 aromatic rings. The van der Waals surface area contributed by atoms with E-state index in [-0.39, 0.29) is 12.0 Å². The van der Waals surface area contributed by atoms with Crippen molar-refractivity contribution >= 4 is 5.91 Å². The Morgan fingerprint density at radius 3 is 2.65 bits per heavy atom. The Labute approximate surface area is 103 Å². The van der Waals surface area contributed by atoms with E-state index in [2.05, 4.69) is 5.48 Å². The van der Waals surface area contributed by atoms with Gasteiger partial charge in [0.05, 0.1) is 6.10 Å². The lowest BCUT2D eigenvalue weighted by Crippen LogP contribution is -2.33. The molecule has 0 aromatic heterocycles. The third-order valence-corrected chi connectivity index (χ3v) is 2.87. The molecule has 1 fully saturated rings. The second-order valence-electron chi connectivity index (χ2n) is 4.41. The highest BCUT2D eigenvalue weighted by atomic mass is 16.7. The monoisotopic (exact) mass is 244 g/mol. The molecule has 0 unspecified atom stereocenters. The first kappa shape index (κ1) is 14.4. The van der Waals surface area contributed by atoms with Crippen molar-refractivity contribution in [2.45, 2.75) is 51.0 Å². The first-order valence-electron chi connectivity index (χ1n) is 6.55. The molecule has 1 rings (SSSR count). The average molecular weight is 244 g/mol. The second-order valence-corrected chi connectivity index (χ2v) is 4.41. The van der Waals surface area contributed by atoms with Gasteiger partial charge in [0.2, 0.25) is 5.91 Å². The predicted molar refractivity (Wildman–Crippen MR) is 65.2 cm³/mol. The summed E-state index contributed by atoms with van der Waals surface area (Å²) in [5.74, 6) is -0.0239. The minimum absolute atomic E-state index is 0.0239. The van der Waals surface area contributed by atoms with Crippen LogP contribution in [0.15, 0.2) is 0 Å². The molecule has 0 aromatic carbocycles. The summed E-state index contributed by atoms with van der Waals surface area (Å²) in [4.78, 5) is 16.7. The van der Waals surface area contributed by atoms with E-state index < -0.39 is 0 Å². The fraction of sp³-hybridized carbons (Fsp3) is 0.917. The number of hydroxylamine groups is 1. The number of amides is 1. The molecule has 0 aliphatic carbocycles. The van der Waals surface area contributed by atoms with Gasteiger partial charge in [-0.2, -0.15) is 0 Å². The summed E-state index contributed by atoms with van der Waals surface area (Å²) in [6.45, 7) is 2.18. The van der Waals surface area contributed by atoms with Gasteiger partial charge in [-0.25, -0.2) is 5.48 Å². The zero-order valence-corrected chi connectivity index (χ0v) is 10.5. The Balaban J connectivity index is 1.93. The summed E-state index contributed by atoms with van der Waals surface area (Å²) in [5.41, 5.74) is 7.92. The normalized spacial score (nSPS) is 17.0. The van der Waals surface area contributed by atoms with Crippen LogP contribution in [-0.4, -0.2) is 31.8 Å². The van der Waals surface area contributed by atoms with E-state index in [0.717, 1.165) is 58.3 Å². The Morgan fingerprint density at radius 2 is 1.94 bits per heavy atom. The fourth-order valence-electron chi connectivity index (χ4n) is 1.78. The van der Waals surface area contributed by atoms with Crippen LogP contribution in [0.5, 0.6) is 0 Å². The minimum Gasteiger partial charge on any atom is -0.381 e. The van der Waals surface area contributed by atoms with Gasteiger partial charge in [-0.15, -0.1) is 0 Å². The summed E-state index contributed by atoms with van der Waals surface area (Å²) in [7, 11) is 0. The first-order chi connectivity index (χ1) is 8.33. The lowest BCUT2D eigenvalue weighted by molar-refractivity contribution is -0.143. The summed E-state index contributed by atoms with van der Waals surface area (Å²) in [5, 5.41) is 0. The standard InChI is InChI=1S/C12H24N2O3/c13-8-4-2-1-3-5-12(15)14-17-11-6-9-16-10-7-11/h11H,1-10,13H2,(H,14,15). The van der Waals surface area contributed by atoms with Crippen molar-refractivity contribution in [2.24, 2.45) is 5.73 Å². The van der Waals surface area contributed by atoms with Gasteiger partial charge in [0.1, 0.15) is 0 Å². The van der Waals surface area contributed by atoms with Crippen molar-refractivity contribution in [1.29, 1.82) is 0 Å². The lowest BCUT2D eigenvalue weighted by Gasteiger charge is -2.21. The molecule has 0 atom stereocenters. The van der Waals surface area contributed by atoms with Gasteiger partial charge in [-0.05, 0) is 32.2 Å². The number of carbonyl (C=O) groups excluding carboxylic acids is 1. The second kappa shape index (κ2) is 9.39. The van der Waals surface area contributed by atoms with E-state index in [1.54, 1.807) is 0 Å². The number of ether oxygens (including phenoxy) is 1. The van der Waals surface area contributed by atoms with Crippen molar-refractivity contribution in [1.82, 2.24) is 5.48 Å². The van der Waals surface area contributed by atoms with Crippen molar-refractivity contribution in [3.05, 3.63) is 0 Å². The van der Waals surface area contributed by atoms with Gasteiger partial charge in [0, 0.05) is 19.6 Å². The van der Waals surface area contributed by atoms with Crippen molar-refractivity contribution in [3.8, 4) is 0 Å². The molecule has 1 aliphatic rings. The van der Waals surface area contributed by atoms with Gasteiger partial charge >= 0.3 is 0 Å². The van der Waals surface area contributed by atoms with Crippen LogP contribution in [0.2, 0.25) is 0 Å². The number of hydrogen-bond donors (Lipinski definition) is 2. The molecule has 0 saturated carbocycles. The Hall–Kier alpha value is -0.650. The van der Waals surface area contributed by atoms with Crippen LogP contribution in [0.4, 0.5) is 0 Å². The van der Waals surface area contributed by atoms with E-state index in [1.165, 1.54) is 0 Å². The van der Waals surface area contributed by atoms with Gasteiger partial charge in [-0.1, -0.05) is 12.8 Å². The molecule has 1 saturated heterocycles. The maximum atomic E-state index is 11.4. The van der Waals surface area contributed by atoms with Gasteiger partial charge in [-0.3, -0.25) is 9.63 Å². The molecule has 1 aliphatic heterocycles. The Bertz CT molecular complexity index is 206. The smallest absolute Gasteiger partial charge is 0.243 e. The molecule has 0 radical (unpaired) electrons. The lowest BCUT2D eigenvalue weighted by atomic mass is 10.1. The van der Waals surface area contributed by atoms with Crippen LogP contribution in [0.1, 0.15) is 44.9 Å². The average Bonchev–Trinajstić information content (AvgIpc) is 2.37. The van der Waals surface area contributed by atoms with Crippen molar-refractivity contribution in [3.63, 3.8) is 0 Å². The van der Waals surface area contributed by atoms with Crippen LogP contribution in [0, 0.1) is 0 Å². The molecule has 100 valence electrons. The topological polar surface area (TPSA) is 73.6 Å². The number of hydrogen-bond acceptors (Lipinski definition) is 4. The third-order valence-electron chi connectivity index (χ3n) is 2.87. The van der Waals surface area contributed by atoms with Crippen LogP contribution in [0.3, 0.4) is 0 Å². The highest BCUT2D eigenvalue weighted by Gasteiger charge is 2.15. The van der Waals surface area contributed by atoms with Crippen LogP contribution in [-0.2, 0) is 14.4 Å². The summed E-state index contributed by atoms with van der Waals surface area (Å²) in [6, 6.07) is 0. The largest absolute Gasteiger partial charge is 0.381 e. The molecule has 0 bridgehead atoms. The van der Waals surface area contributed by atoms with Gasteiger partial charge < -0.3 is 10.5 Å². The molecule has 5 heteroatoms. The van der Waals surface area contributed by atoms with Crippen LogP contribution < -0.4 is 11.2 Å². The molecule has 3 N–H and O–H groups in total. The van der Waals surface area contributed by atoms with Gasteiger partial charge in [0.15, 0.2) is 0 Å². The molecule has 1 heterocycles. The number of nitrogens with two attached hydrogens (primary N) is 1. The third kappa shape index (κ3) is 7.31. The number of unbranched alkanes of at least 4 members (excludes halogenated alkanes) is 3. The number of rotatable bonds is 8. The number of carbonyl (C=O) groups is 1. The predicted octanol–water partition coefficient (Wildman–Crippen LogP) is 1.12. The minimum atomic E-state index is -0.0239. The molecular formula is C12H24N2O3. The summed E-state index contributed by atoms with van der Waals surface area (Å²) in [6.07, 6.45) is 6.47. The number of nitrogens with one attached hydrogen (secondary N) is 1. The first-order valence-corrected chi connectivity index (χ1v) is 6.55. The fourth-order valence-corrected chi connectivity index (χ4v) is 1.78. The molecular weight excluding hydrogens is 220 g/mol. The van der Waals surface area contributed by atoms with Crippen LogP contribution in [0.25, 0.3) is 0 Å². The molecule has 0 spiro atoms. The Morgan fingerprint density at radius 1 is 1.24 bits per heavy atom. The Kier molecular flexibility index (Phi) is 7.96. The van der Waals surface area contributed by atoms with E-state index in [0.29, 0.717) is 6.42 Å². The van der Waals surface area contributed by atoms with Gasteiger partial charge in [0.25, 0.3) is 0 Å². The molecule has 17 heavy (non-hydrogen) atoms. The summed E-state index contributed by atoms with van der Waals surface area (Å²) < 4.78 is 5.21. The maximum Gasteiger partial charge on any atom is 0.243 e. The van der Waals surface area contributed by atoms with E-state index in [9.17, 15) is 4.79 Å². The van der Waals surface area contributed by atoms with Crippen molar-refractivity contribution < 1.29 is 14.4 Å². The van der Waals surface area contributed by atoms with Crippen molar-refractivity contribution in [2.75, 3.05) is 19.8 Å². The highest BCUT2D eigenvalue weighted by Crippen LogP contribution is 2.09. The molecule has 1 amide bonds. The molecule has 5 nitrogen and oxygen atoms in total. The zero-order valence-electron chi connectivity index (χ0n) is 10.5. The van der Waals surface area contributed by atoms with E-state index >= 15 is 0 Å². The SMILES string of the molecule is NCCCCCCC(=O)NOC1CCOCC1. The maximum absolute atomic E-state index is 11.4. The zero-order chi connectivity index (χ0) is 12.3. The van der Waals surface area contributed by atoms with E-state index in [1.807, 2.05) is 0 Å². The van der Waals surface area contributed by atoms with Crippen LogP contribution >= 0.6 is 0 Å². The quantitative estimate of drug-likeness (QED) is 0.496. The highest BCUT2D eigenvalue weighted by molar-refractivity contribution is 5.74.